The van der Waals surface area contributed by atoms with Crippen molar-refractivity contribution >= 4 is 17.2 Å². The van der Waals surface area contributed by atoms with Crippen LogP contribution in [-0.4, -0.2) is 28.9 Å². The molecular weight excluding hydrogens is 198 g/mol. The summed E-state index contributed by atoms with van der Waals surface area (Å²) < 4.78 is 0. The first-order valence-electron chi connectivity index (χ1n) is 4.59. The monoisotopic (exact) mass is 211 g/mol. The first kappa shape index (κ1) is 9.61. The van der Waals surface area contributed by atoms with Gasteiger partial charge in [-0.15, -0.1) is 11.3 Å². The number of piperidine rings is 1. The van der Waals surface area contributed by atoms with Crippen molar-refractivity contribution in [2.75, 3.05) is 7.05 Å². The number of carbonyl (C=O) groups excluding carboxylic acids is 1. The second kappa shape index (κ2) is 3.67. The largest absolute Gasteiger partial charge is 0.336 e. The van der Waals surface area contributed by atoms with Gasteiger partial charge in [0.25, 0.3) is 0 Å². The predicted octanol–water partition coefficient (Wildman–Crippen LogP) is 0.764. The van der Waals surface area contributed by atoms with E-state index >= 15 is 0 Å². The first-order chi connectivity index (χ1) is 6.70. The number of aromatic nitrogens is 1. The summed E-state index contributed by atoms with van der Waals surface area (Å²) in [4.78, 5) is 17.4. The van der Waals surface area contributed by atoms with Crippen LogP contribution >= 0.6 is 11.3 Å². The molecule has 0 aliphatic carbocycles. The van der Waals surface area contributed by atoms with Crippen LogP contribution < -0.4 is 5.73 Å². The van der Waals surface area contributed by atoms with E-state index in [-0.39, 0.29) is 18.0 Å². The summed E-state index contributed by atoms with van der Waals surface area (Å²) in [5.74, 6) is 0.157. The van der Waals surface area contributed by atoms with Gasteiger partial charge in [-0.25, -0.2) is 4.98 Å². The lowest BCUT2D eigenvalue weighted by Gasteiger charge is -2.36. The van der Waals surface area contributed by atoms with Crippen LogP contribution in [-0.2, 0) is 4.79 Å². The fourth-order valence-electron chi connectivity index (χ4n) is 1.85. The maximum absolute atomic E-state index is 11.5. The lowest BCUT2D eigenvalue weighted by Crippen LogP contribution is -2.46. The molecule has 2 rings (SSSR count). The van der Waals surface area contributed by atoms with E-state index in [0.717, 1.165) is 12.1 Å². The molecule has 1 aliphatic heterocycles. The standard InChI is InChI=1S/C9H13N3OS/c1-12-8(13)3-2-6(10)9(12)7-4-14-5-11-7/h4-6,9H,2-3,10H2,1H3. The molecule has 0 aromatic carbocycles. The van der Waals surface area contributed by atoms with Crippen LogP contribution in [0.5, 0.6) is 0 Å². The van der Waals surface area contributed by atoms with Crippen molar-refractivity contribution in [2.24, 2.45) is 5.73 Å². The summed E-state index contributed by atoms with van der Waals surface area (Å²) in [7, 11) is 1.80. The average Bonchev–Trinajstić information content (AvgIpc) is 2.65. The van der Waals surface area contributed by atoms with E-state index in [9.17, 15) is 4.79 Å². The van der Waals surface area contributed by atoms with Crippen molar-refractivity contribution in [1.29, 1.82) is 0 Å². The summed E-state index contributed by atoms with van der Waals surface area (Å²) in [6.07, 6.45) is 1.31. The number of hydrogen-bond acceptors (Lipinski definition) is 4. The van der Waals surface area contributed by atoms with Crippen LogP contribution in [0.4, 0.5) is 0 Å². The quantitative estimate of drug-likeness (QED) is 0.746. The third-order valence-corrected chi connectivity index (χ3v) is 3.27. The van der Waals surface area contributed by atoms with Crippen molar-refractivity contribution in [1.82, 2.24) is 9.88 Å². The molecule has 1 aliphatic rings. The molecule has 2 heterocycles. The molecule has 1 saturated heterocycles. The molecule has 1 amide bonds. The summed E-state index contributed by atoms with van der Waals surface area (Å²) in [6, 6.07) is -0.0256. The smallest absolute Gasteiger partial charge is 0.222 e. The minimum absolute atomic E-state index is 0.0137. The number of nitrogens with zero attached hydrogens (tertiary/aromatic N) is 2. The molecule has 4 nitrogen and oxygen atoms in total. The number of carbonyl (C=O) groups is 1. The predicted molar refractivity (Wildman–Crippen MR) is 54.8 cm³/mol. The van der Waals surface area contributed by atoms with E-state index in [4.69, 9.17) is 5.73 Å². The van der Waals surface area contributed by atoms with Crippen molar-refractivity contribution in [3.05, 3.63) is 16.6 Å². The van der Waals surface area contributed by atoms with Gasteiger partial charge in [0.1, 0.15) is 0 Å². The zero-order chi connectivity index (χ0) is 10.1. The van der Waals surface area contributed by atoms with Gasteiger partial charge >= 0.3 is 0 Å². The molecule has 14 heavy (non-hydrogen) atoms. The van der Waals surface area contributed by atoms with Crippen LogP contribution in [0.15, 0.2) is 10.9 Å². The van der Waals surface area contributed by atoms with Gasteiger partial charge in [-0.3, -0.25) is 4.79 Å². The molecule has 1 fully saturated rings. The molecule has 2 atom stereocenters. The Morgan fingerprint density at radius 1 is 1.71 bits per heavy atom. The number of likely N-dealkylation sites (N-methyl/N-ethyl adjacent to an activating group) is 1. The minimum atomic E-state index is -0.0394. The van der Waals surface area contributed by atoms with Crippen molar-refractivity contribution < 1.29 is 4.79 Å². The number of rotatable bonds is 1. The van der Waals surface area contributed by atoms with E-state index < -0.39 is 0 Å². The van der Waals surface area contributed by atoms with Gasteiger partial charge in [0.05, 0.1) is 17.2 Å². The Balaban J connectivity index is 2.26. The van der Waals surface area contributed by atoms with E-state index in [0.29, 0.717) is 6.42 Å². The number of thiazole rings is 1. The number of hydrogen-bond donors (Lipinski definition) is 1. The zero-order valence-corrected chi connectivity index (χ0v) is 8.83. The third kappa shape index (κ3) is 1.53. The molecule has 1 aromatic rings. The molecule has 76 valence electrons. The molecule has 0 saturated carbocycles. The van der Waals surface area contributed by atoms with E-state index in [2.05, 4.69) is 4.98 Å². The SMILES string of the molecule is CN1C(=O)CCC(N)C1c1cscn1. The molecule has 5 heteroatoms. The Labute approximate surface area is 86.7 Å². The van der Waals surface area contributed by atoms with Gasteiger partial charge < -0.3 is 10.6 Å². The van der Waals surface area contributed by atoms with Crippen LogP contribution in [0.25, 0.3) is 0 Å². The van der Waals surface area contributed by atoms with Crippen LogP contribution in [0.1, 0.15) is 24.6 Å². The Morgan fingerprint density at radius 2 is 2.50 bits per heavy atom. The van der Waals surface area contributed by atoms with Gasteiger partial charge in [-0.1, -0.05) is 0 Å². The summed E-state index contributed by atoms with van der Waals surface area (Å²) in [5, 5.41) is 1.96. The molecule has 0 spiro atoms. The van der Waals surface area contributed by atoms with Gasteiger partial charge in [-0.2, -0.15) is 0 Å². The summed E-state index contributed by atoms with van der Waals surface area (Å²) in [5.41, 5.74) is 8.68. The van der Waals surface area contributed by atoms with E-state index in [1.807, 2.05) is 5.38 Å². The topological polar surface area (TPSA) is 59.2 Å². The summed E-state index contributed by atoms with van der Waals surface area (Å²) in [6.45, 7) is 0. The highest BCUT2D eigenvalue weighted by Gasteiger charge is 2.33. The van der Waals surface area contributed by atoms with Gasteiger partial charge in [0.15, 0.2) is 0 Å². The third-order valence-electron chi connectivity index (χ3n) is 2.66. The van der Waals surface area contributed by atoms with Crippen molar-refractivity contribution in [3.63, 3.8) is 0 Å². The molecule has 0 radical (unpaired) electrons. The van der Waals surface area contributed by atoms with Crippen molar-refractivity contribution in [2.45, 2.75) is 24.9 Å². The highest BCUT2D eigenvalue weighted by molar-refractivity contribution is 7.07. The van der Waals surface area contributed by atoms with Crippen molar-refractivity contribution in [3.8, 4) is 0 Å². The first-order valence-corrected chi connectivity index (χ1v) is 5.53. The van der Waals surface area contributed by atoms with Gasteiger partial charge in [0.2, 0.25) is 5.91 Å². The van der Waals surface area contributed by atoms with Gasteiger partial charge in [0, 0.05) is 24.9 Å². The van der Waals surface area contributed by atoms with Crippen LogP contribution in [0, 0.1) is 0 Å². The number of likely N-dealkylation sites (tertiary alicyclic amines) is 1. The van der Waals surface area contributed by atoms with Gasteiger partial charge in [-0.05, 0) is 6.42 Å². The Bertz CT molecular complexity index is 325. The zero-order valence-electron chi connectivity index (χ0n) is 8.01. The lowest BCUT2D eigenvalue weighted by atomic mass is 9.95. The highest BCUT2D eigenvalue weighted by Crippen LogP contribution is 2.28. The lowest BCUT2D eigenvalue weighted by molar-refractivity contribution is -0.135. The van der Waals surface area contributed by atoms with E-state index in [1.165, 1.54) is 11.3 Å². The molecule has 1 aromatic heterocycles. The summed E-state index contributed by atoms with van der Waals surface area (Å²) >= 11 is 1.53. The molecular formula is C9H13N3OS. The molecule has 2 N–H and O–H groups in total. The normalized spacial score (nSPS) is 28.1. The maximum Gasteiger partial charge on any atom is 0.222 e. The Kier molecular flexibility index (Phi) is 2.52. The number of nitrogens with two attached hydrogens (primary N) is 1. The van der Waals surface area contributed by atoms with Crippen LogP contribution in [0.3, 0.4) is 0 Å². The maximum atomic E-state index is 11.5. The number of amides is 1. The fourth-order valence-corrected chi connectivity index (χ4v) is 2.44. The minimum Gasteiger partial charge on any atom is -0.336 e. The molecule has 0 bridgehead atoms. The second-order valence-corrected chi connectivity index (χ2v) is 4.28. The molecule has 2 unspecified atom stereocenters. The fraction of sp³-hybridized carbons (Fsp3) is 0.556. The van der Waals surface area contributed by atoms with E-state index in [1.54, 1.807) is 17.5 Å². The Morgan fingerprint density at radius 3 is 3.14 bits per heavy atom. The highest BCUT2D eigenvalue weighted by atomic mass is 32.1. The average molecular weight is 211 g/mol. The Hall–Kier alpha value is -0.940. The van der Waals surface area contributed by atoms with Crippen LogP contribution in [0.2, 0.25) is 0 Å². The second-order valence-electron chi connectivity index (χ2n) is 3.57.